The Morgan fingerprint density at radius 3 is 2.45 bits per heavy atom. The fourth-order valence-electron chi connectivity index (χ4n) is 3.89. The Morgan fingerprint density at radius 1 is 1.07 bits per heavy atom. The zero-order valence-corrected chi connectivity index (χ0v) is 24.0. The molecule has 0 radical (unpaired) electrons. The number of thioether (sulfide) groups is 1. The summed E-state index contributed by atoms with van der Waals surface area (Å²) in [7, 11) is 1.62. The summed E-state index contributed by atoms with van der Waals surface area (Å²) in [6.45, 7) is 8.78. The molecule has 208 valence electrons. The van der Waals surface area contributed by atoms with E-state index in [1.54, 1.807) is 25.3 Å². The molecule has 1 amide bonds. The molecule has 3 aromatic carbocycles. The maximum atomic E-state index is 12.6. The Balaban J connectivity index is 1.53. The van der Waals surface area contributed by atoms with Crippen LogP contribution in [-0.2, 0) is 10.2 Å². The minimum Gasteiger partial charge on any atom is -0.504 e. The van der Waals surface area contributed by atoms with Gasteiger partial charge < -0.3 is 14.6 Å². The maximum Gasteiger partial charge on any atom is 0.250 e. The van der Waals surface area contributed by atoms with Gasteiger partial charge in [-0.1, -0.05) is 62.9 Å². The number of nitrogens with one attached hydrogen (secondary N) is 1. The third kappa shape index (κ3) is 6.81. The lowest BCUT2D eigenvalue weighted by atomic mass is 9.87. The van der Waals surface area contributed by atoms with Crippen LogP contribution in [0.4, 0.5) is 0 Å². The van der Waals surface area contributed by atoms with E-state index in [0.717, 1.165) is 17.0 Å². The molecule has 40 heavy (non-hydrogen) atoms. The first-order chi connectivity index (χ1) is 19.2. The molecular formula is C30H33N5O4S. The van der Waals surface area contributed by atoms with Gasteiger partial charge in [-0.2, -0.15) is 5.10 Å². The molecule has 0 bridgehead atoms. The number of hydrogen-bond acceptors (Lipinski definition) is 8. The van der Waals surface area contributed by atoms with Crippen molar-refractivity contribution in [2.45, 2.75) is 38.3 Å². The van der Waals surface area contributed by atoms with E-state index in [4.69, 9.17) is 9.47 Å². The fourth-order valence-corrected chi connectivity index (χ4v) is 4.63. The Bertz CT molecular complexity index is 1480. The number of para-hydroxylation sites is 1. The van der Waals surface area contributed by atoms with Crippen LogP contribution in [0.15, 0.2) is 77.0 Å². The molecule has 10 heteroatoms. The molecule has 0 aliphatic rings. The second kappa shape index (κ2) is 12.7. The number of benzene rings is 3. The highest BCUT2D eigenvalue weighted by atomic mass is 32.2. The monoisotopic (exact) mass is 559 g/mol. The molecule has 0 atom stereocenters. The van der Waals surface area contributed by atoms with Crippen molar-refractivity contribution in [3.05, 3.63) is 77.9 Å². The average molecular weight is 560 g/mol. The van der Waals surface area contributed by atoms with E-state index in [9.17, 15) is 9.90 Å². The number of rotatable bonds is 10. The lowest BCUT2D eigenvalue weighted by Crippen LogP contribution is -2.20. The number of amides is 1. The molecule has 9 nitrogen and oxygen atoms in total. The van der Waals surface area contributed by atoms with Crippen molar-refractivity contribution < 1.29 is 19.4 Å². The number of aromatic hydroxyl groups is 1. The first-order valence-corrected chi connectivity index (χ1v) is 13.8. The summed E-state index contributed by atoms with van der Waals surface area (Å²) in [6.07, 6.45) is 1.37. The molecule has 4 aromatic rings. The van der Waals surface area contributed by atoms with Crippen LogP contribution in [0.3, 0.4) is 0 Å². The normalized spacial score (nSPS) is 11.5. The third-order valence-corrected chi connectivity index (χ3v) is 6.96. The second-order valence-electron chi connectivity index (χ2n) is 9.88. The summed E-state index contributed by atoms with van der Waals surface area (Å²) in [5, 5.41) is 23.7. The Kier molecular flexibility index (Phi) is 9.11. The van der Waals surface area contributed by atoms with Crippen LogP contribution in [-0.4, -0.2) is 51.5 Å². The van der Waals surface area contributed by atoms with Gasteiger partial charge >= 0.3 is 0 Å². The summed E-state index contributed by atoms with van der Waals surface area (Å²) >= 11 is 1.24. The molecule has 2 N–H and O–H groups in total. The summed E-state index contributed by atoms with van der Waals surface area (Å²) < 4.78 is 12.6. The predicted octanol–water partition coefficient (Wildman–Crippen LogP) is 5.59. The van der Waals surface area contributed by atoms with Gasteiger partial charge in [0.05, 0.1) is 25.7 Å². The van der Waals surface area contributed by atoms with Crippen molar-refractivity contribution in [2.24, 2.45) is 5.10 Å². The van der Waals surface area contributed by atoms with Crippen molar-refractivity contribution in [2.75, 3.05) is 19.5 Å². The van der Waals surface area contributed by atoms with Gasteiger partial charge in [-0.25, -0.2) is 5.43 Å². The fraction of sp³-hybridized carbons (Fsp3) is 0.267. The van der Waals surface area contributed by atoms with E-state index in [-0.39, 0.29) is 22.8 Å². The number of carbonyl (C=O) groups excluding carboxylic acids is 1. The zero-order chi connectivity index (χ0) is 28.7. The molecule has 1 heterocycles. The Morgan fingerprint density at radius 2 is 1.80 bits per heavy atom. The van der Waals surface area contributed by atoms with E-state index >= 15 is 0 Å². The Hall–Kier alpha value is -4.31. The zero-order valence-electron chi connectivity index (χ0n) is 23.2. The standard InChI is InChI=1S/C30H33N5O4S/c1-6-39-25-9-7-8-21(27(25)37)18-31-32-26(36)19-40-29-34-33-28(20-10-12-22(13-11-20)30(2,3)4)35(29)23-14-16-24(38-5)17-15-23/h7-18,37H,6,19H2,1-5H3,(H,32,36). The van der Waals surface area contributed by atoms with E-state index in [1.165, 1.54) is 23.5 Å². The van der Waals surface area contributed by atoms with E-state index < -0.39 is 0 Å². The van der Waals surface area contributed by atoms with Gasteiger partial charge in [0.25, 0.3) is 5.91 Å². The third-order valence-electron chi connectivity index (χ3n) is 6.03. The quantitative estimate of drug-likeness (QED) is 0.148. The first-order valence-electron chi connectivity index (χ1n) is 12.8. The molecule has 0 fully saturated rings. The van der Waals surface area contributed by atoms with Crippen LogP contribution in [0.5, 0.6) is 17.2 Å². The largest absolute Gasteiger partial charge is 0.504 e. The summed E-state index contributed by atoms with van der Waals surface area (Å²) in [4.78, 5) is 12.6. The van der Waals surface area contributed by atoms with Crippen LogP contribution in [0, 0.1) is 0 Å². The van der Waals surface area contributed by atoms with Crippen LogP contribution < -0.4 is 14.9 Å². The number of aromatic nitrogens is 3. The highest BCUT2D eigenvalue weighted by Crippen LogP contribution is 2.31. The van der Waals surface area contributed by atoms with E-state index in [0.29, 0.717) is 28.9 Å². The number of hydrazone groups is 1. The smallest absolute Gasteiger partial charge is 0.250 e. The van der Waals surface area contributed by atoms with Gasteiger partial charge in [-0.05, 0) is 54.3 Å². The van der Waals surface area contributed by atoms with Gasteiger partial charge in [0.15, 0.2) is 22.5 Å². The number of nitrogens with zero attached hydrogens (tertiary/aromatic N) is 4. The lowest BCUT2D eigenvalue weighted by molar-refractivity contribution is -0.118. The van der Waals surface area contributed by atoms with Gasteiger partial charge in [-0.15, -0.1) is 10.2 Å². The topological polar surface area (TPSA) is 111 Å². The van der Waals surface area contributed by atoms with Crippen molar-refractivity contribution in [1.29, 1.82) is 0 Å². The summed E-state index contributed by atoms with van der Waals surface area (Å²) in [6, 6.07) is 20.9. The minimum absolute atomic E-state index is 0.0316. The number of phenolic OH excluding ortho intramolecular Hbond substituents is 1. The molecule has 0 aliphatic carbocycles. The highest BCUT2D eigenvalue weighted by Gasteiger charge is 2.19. The summed E-state index contributed by atoms with van der Waals surface area (Å²) in [5.41, 5.74) is 5.93. The molecule has 4 rings (SSSR count). The number of ether oxygens (including phenoxy) is 2. The van der Waals surface area contributed by atoms with Crippen LogP contribution >= 0.6 is 11.8 Å². The highest BCUT2D eigenvalue weighted by molar-refractivity contribution is 7.99. The van der Waals surface area contributed by atoms with Gasteiger partial charge in [0.1, 0.15) is 5.75 Å². The van der Waals surface area contributed by atoms with Crippen LogP contribution in [0.1, 0.15) is 38.8 Å². The average Bonchev–Trinajstić information content (AvgIpc) is 3.37. The van der Waals surface area contributed by atoms with Crippen molar-refractivity contribution in [3.8, 4) is 34.3 Å². The molecule has 0 unspecified atom stereocenters. The van der Waals surface area contributed by atoms with E-state index in [2.05, 4.69) is 53.6 Å². The number of phenols is 1. The molecule has 0 spiro atoms. The summed E-state index contributed by atoms with van der Waals surface area (Å²) in [5.74, 6) is 1.44. The van der Waals surface area contributed by atoms with Crippen LogP contribution in [0.25, 0.3) is 17.1 Å². The van der Waals surface area contributed by atoms with Crippen molar-refractivity contribution in [3.63, 3.8) is 0 Å². The van der Waals surface area contributed by atoms with Crippen molar-refractivity contribution >= 4 is 23.9 Å². The van der Waals surface area contributed by atoms with Gasteiger partial charge in [0, 0.05) is 16.8 Å². The minimum atomic E-state index is -0.331. The molecule has 0 saturated carbocycles. The van der Waals surface area contributed by atoms with E-state index in [1.807, 2.05) is 47.9 Å². The molecule has 0 saturated heterocycles. The lowest BCUT2D eigenvalue weighted by Gasteiger charge is -2.19. The maximum absolute atomic E-state index is 12.6. The van der Waals surface area contributed by atoms with Gasteiger partial charge in [0.2, 0.25) is 0 Å². The number of hydrogen-bond donors (Lipinski definition) is 2. The molecule has 0 aliphatic heterocycles. The van der Waals surface area contributed by atoms with Crippen LogP contribution in [0.2, 0.25) is 0 Å². The first kappa shape index (κ1) is 28.7. The number of carbonyl (C=O) groups is 1. The Labute approximate surface area is 238 Å². The second-order valence-corrected chi connectivity index (χ2v) is 10.8. The number of methoxy groups -OCH3 is 1. The predicted molar refractivity (Wildman–Crippen MR) is 158 cm³/mol. The van der Waals surface area contributed by atoms with Gasteiger partial charge in [-0.3, -0.25) is 9.36 Å². The molecule has 1 aromatic heterocycles. The van der Waals surface area contributed by atoms with Crippen molar-refractivity contribution in [1.82, 2.24) is 20.2 Å². The molecular weight excluding hydrogens is 526 g/mol. The SMILES string of the molecule is CCOc1cccc(C=NNC(=O)CSc2nnc(-c3ccc(C(C)(C)C)cc3)n2-c2ccc(OC)cc2)c1O.